The standard InChI is InChI=1S/C37H29N/c1-26-14-18-29(19-15-26)31-10-6-12-33(22-31)36-24-35(28-8-4-3-5-9-28)25-37(38-36)34-13-7-11-32(23-34)30-20-16-27(2)17-21-30/h3-25H,1-2H3. The van der Waals surface area contributed by atoms with Crippen molar-refractivity contribution in [2.45, 2.75) is 13.8 Å². The van der Waals surface area contributed by atoms with Crippen molar-refractivity contribution >= 4 is 0 Å². The summed E-state index contributed by atoms with van der Waals surface area (Å²) in [5.41, 5.74) is 13.8. The van der Waals surface area contributed by atoms with Gasteiger partial charge in [0.25, 0.3) is 0 Å². The summed E-state index contributed by atoms with van der Waals surface area (Å²) in [7, 11) is 0. The largest absolute Gasteiger partial charge is 0.248 e. The second-order valence-corrected chi connectivity index (χ2v) is 9.89. The monoisotopic (exact) mass is 487 g/mol. The molecule has 0 radical (unpaired) electrons. The van der Waals surface area contributed by atoms with Crippen LogP contribution in [0, 0.1) is 13.8 Å². The molecule has 0 saturated heterocycles. The Morgan fingerprint density at radius 1 is 0.316 bits per heavy atom. The number of pyridine rings is 1. The van der Waals surface area contributed by atoms with Crippen LogP contribution in [0.4, 0.5) is 0 Å². The number of rotatable bonds is 5. The van der Waals surface area contributed by atoms with Crippen LogP contribution in [0.3, 0.4) is 0 Å². The molecule has 0 aliphatic rings. The highest BCUT2D eigenvalue weighted by Crippen LogP contribution is 2.33. The third-order valence-corrected chi connectivity index (χ3v) is 7.02. The molecule has 6 aromatic rings. The molecule has 5 aromatic carbocycles. The molecule has 0 aliphatic heterocycles. The first kappa shape index (κ1) is 23.6. The van der Waals surface area contributed by atoms with E-state index in [1.54, 1.807) is 0 Å². The van der Waals surface area contributed by atoms with Gasteiger partial charge in [0, 0.05) is 11.1 Å². The van der Waals surface area contributed by atoms with Crippen molar-refractivity contribution in [1.29, 1.82) is 0 Å². The summed E-state index contributed by atoms with van der Waals surface area (Å²) in [6, 6.07) is 49.7. The minimum absolute atomic E-state index is 0.969. The molecule has 1 nitrogen and oxygen atoms in total. The zero-order valence-electron chi connectivity index (χ0n) is 21.7. The summed E-state index contributed by atoms with van der Waals surface area (Å²) >= 11 is 0. The van der Waals surface area contributed by atoms with Gasteiger partial charge >= 0.3 is 0 Å². The van der Waals surface area contributed by atoms with Gasteiger partial charge in [-0.05, 0) is 71.5 Å². The first-order valence-corrected chi connectivity index (χ1v) is 13.0. The van der Waals surface area contributed by atoms with E-state index in [0.717, 1.165) is 28.1 Å². The van der Waals surface area contributed by atoms with Crippen LogP contribution in [0.15, 0.2) is 140 Å². The number of aromatic nitrogens is 1. The van der Waals surface area contributed by atoms with Gasteiger partial charge in [0.05, 0.1) is 11.4 Å². The van der Waals surface area contributed by atoms with Crippen LogP contribution in [-0.2, 0) is 0 Å². The van der Waals surface area contributed by atoms with Crippen LogP contribution < -0.4 is 0 Å². The summed E-state index contributed by atoms with van der Waals surface area (Å²) in [6.45, 7) is 4.24. The molecule has 0 saturated carbocycles. The SMILES string of the molecule is Cc1ccc(-c2cccc(-c3cc(-c4ccccc4)cc(-c4cccc(-c5ccc(C)cc5)c4)n3)c2)cc1. The van der Waals surface area contributed by atoms with Crippen LogP contribution in [-0.4, -0.2) is 4.98 Å². The number of nitrogens with zero attached hydrogens (tertiary/aromatic N) is 1. The van der Waals surface area contributed by atoms with Gasteiger partial charge in [-0.2, -0.15) is 0 Å². The lowest BCUT2D eigenvalue weighted by atomic mass is 9.96. The summed E-state index contributed by atoms with van der Waals surface area (Å²) in [5.74, 6) is 0. The van der Waals surface area contributed by atoms with Gasteiger partial charge in [0.2, 0.25) is 0 Å². The molecule has 1 heterocycles. The Hall–Kier alpha value is -4.75. The van der Waals surface area contributed by atoms with E-state index in [0.29, 0.717) is 0 Å². The van der Waals surface area contributed by atoms with Crippen molar-refractivity contribution in [3.63, 3.8) is 0 Å². The van der Waals surface area contributed by atoms with Crippen LogP contribution in [0.5, 0.6) is 0 Å². The molecule has 182 valence electrons. The minimum Gasteiger partial charge on any atom is -0.248 e. The minimum atomic E-state index is 0.969. The Balaban J connectivity index is 1.48. The van der Waals surface area contributed by atoms with Gasteiger partial charge in [0.15, 0.2) is 0 Å². The molecular weight excluding hydrogens is 458 g/mol. The summed E-state index contributed by atoms with van der Waals surface area (Å²) < 4.78 is 0. The number of hydrogen-bond acceptors (Lipinski definition) is 1. The van der Waals surface area contributed by atoms with E-state index >= 15 is 0 Å². The van der Waals surface area contributed by atoms with Gasteiger partial charge in [-0.3, -0.25) is 0 Å². The normalized spacial score (nSPS) is 10.9. The van der Waals surface area contributed by atoms with E-state index in [1.165, 1.54) is 38.9 Å². The predicted molar refractivity (Wildman–Crippen MR) is 161 cm³/mol. The lowest BCUT2D eigenvalue weighted by molar-refractivity contribution is 1.32. The molecule has 1 heteroatoms. The molecule has 0 N–H and O–H groups in total. The molecule has 0 fully saturated rings. The third kappa shape index (κ3) is 5.05. The zero-order chi connectivity index (χ0) is 25.9. The van der Waals surface area contributed by atoms with Crippen molar-refractivity contribution in [2.24, 2.45) is 0 Å². The molecule has 0 atom stereocenters. The smallest absolute Gasteiger partial charge is 0.0715 e. The lowest BCUT2D eigenvalue weighted by Gasteiger charge is -2.12. The highest BCUT2D eigenvalue weighted by atomic mass is 14.7. The fourth-order valence-corrected chi connectivity index (χ4v) is 4.83. The zero-order valence-corrected chi connectivity index (χ0v) is 21.7. The van der Waals surface area contributed by atoms with Gasteiger partial charge < -0.3 is 0 Å². The molecule has 38 heavy (non-hydrogen) atoms. The van der Waals surface area contributed by atoms with E-state index in [2.05, 4.69) is 153 Å². The van der Waals surface area contributed by atoms with Crippen molar-refractivity contribution in [2.75, 3.05) is 0 Å². The van der Waals surface area contributed by atoms with Crippen molar-refractivity contribution in [3.8, 4) is 55.9 Å². The second-order valence-electron chi connectivity index (χ2n) is 9.89. The fourth-order valence-electron chi connectivity index (χ4n) is 4.83. The average Bonchev–Trinajstić information content (AvgIpc) is 2.98. The molecule has 0 unspecified atom stereocenters. The van der Waals surface area contributed by atoms with E-state index < -0.39 is 0 Å². The van der Waals surface area contributed by atoms with Crippen molar-refractivity contribution in [1.82, 2.24) is 4.98 Å². The van der Waals surface area contributed by atoms with Crippen LogP contribution >= 0.6 is 0 Å². The molecule has 0 spiro atoms. The molecular formula is C37H29N. The molecule has 6 rings (SSSR count). The number of hydrogen-bond donors (Lipinski definition) is 0. The fraction of sp³-hybridized carbons (Fsp3) is 0.0541. The van der Waals surface area contributed by atoms with Crippen molar-refractivity contribution in [3.05, 3.63) is 151 Å². The number of benzene rings is 5. The van der Waals surface area contributed by atoms with Crippen LogP contribution in [0.25, 0.3) is 55.9 Å². The van der Waals surface area contributed by atoms with Crippen molar-refractivity contribution < 1.29 is 0 Å². The Labute approximate surface area is 225 Å². The van der Waals surface area contributed by atoms with E-state index in [-0.39, 0.29) is 0 Å². The summed E-state index contributed by atoms with van der Waals surface area (Å²) in [4.78, 5) is 5.20. The first-order chi connectivity index (χ1) is 18.6. The average molecular weight is 488 g/mol. The highest BCUT2D eigenvalue weighted by molar-refractivity contribution is 5.80. The Morgan fingerprint density at radius 2 is 0.711 bits per heavy atom. The highest BCUT2D eigenvalue weighted by Gasteiger charge is 2.11. The maximum absolute atomic E-state index is 5.20. The topological polar surface area (TPSA) is 12.9 Å². The summed E-state index contributed by atoms with van der Waals surface area (Å²) in [5, 5.41) is 0. The second kappa shape index (κ2) is 10.3. The van der Waals surface area contributed by atoms with E-state index in [9.17, 15) is 0 Å². The third-order valence-electron chi connectivity index (χ3n) is 7.02. The number of aryl methyl sites for hydroxylation is 2. The van der Waals surface area contributed by atoms with Crippen LogP contribution in [0.2, 0.25) is 0 Å². The Morgan fingerprint density at radius 3 is 1.18 bits per heavy atom. The molecule has 0 amide bonds. The quantitative estimate of drug-likeness (QED) is 0.236. The molecule has 1 aromatic heterocycles. The van der Waals surface area contributed by atoms with Gasteiger partial charge in [-0.25, -0.2) is 4.98 Å². The van der Waals surface area contributed by atoms with Gasteiger partial charge in [-0.15, -0.1) is 0 Å². The lowest BCUT2D eigenvalue weighted by Crippen LogP contribution is -1.92. The summed E-state index contributed by atoms with van der Waals surface area (Å²) in [6.07, 6.45) is 0. The molecule has 0 aliphatic carbocycles. The Kier molecular flexibility index (Phi) is 6.42. The van der Waals surface area contributed by atoms with Gasteiger partial charge in [-0.1, -0.05) is 126 Å². The van der Waals surface area contributed by atoms with E-state index in [4.69, 9.17) is 4.98 Å². The van der Waals surface area contributed by atoms with E-state index in [1.807, 2.05) is 0 Å². The Bertz CT molecular complexity index is 1590. The van der Waals surface area contributed by atoms with Gasteiger partial charge in [0.1, 0.15) is 0 Å². The predicted octanol–water partition coefficient (Wildman–Crippen LogP) is 10.0. The maximum Gasteiger partial charge on any atom is 0.0715 e. The first-order valence-electron chi connectivity index (χ1n) is 13.0. The molecule has 0 bridgehead atoms. The maximum atomic E-state index is 5.20. The van der Waals surface area contributed by atoms with Crippen LogP contribution in [0.1, 0.15) is 11.1 Å².